The lowest BCUT2D eigenvalue weighted by Crippen LogP contribution is -2.38. The summed E-state index contributed by atoms with van der Waals surface area (Å²) in [6.45, 7) is 3.54. The number of carbonyl (C=O) groups is 2. The van der Waals surface area contributed by atoms with Gasteiger partial charge in [0, 0.05) is 13.6 Å². The van der Waals surface area contributed by atoms with Gasteiger partial charge in [-0.25, -0.2) is 4.39 Å². The van der Waals surface area contributed by atoms with Gasteiger partial charge in [0.25, 0.3) is 5.91 Å². The van der Waals surface area contributed by atoms with Crippen molar-refractivity contribution >= 4 is 11.8 Å². The molecule has 112 valence electrons. The van der Waals surface area contributed by atoms with E-state index in [1.165, 1.54) is 12.1 Å². The predicted octanol–water partition coefficient (Wildman–Crippen LogP) is 1.18. The number of benzene rings is 1. The third-order valence-corrected chi connectivity index (χ3v) is 3.14. The number of aryl methyl sites for hydroxylation is 1. The highest BCUT2D eigenvalue weighted by molar-refractivity contribution is 5.93. The average molecular weight is 290 g/mol. The Morgan fingerprint density at radius 2 is 2.10 bits per heavy atom. The van der Waals surface area contributed by atoms with Crippen LogP contribution in [0.1, 0.15) is 18.1 Å². The van der Waals surface area contributed by atoms with Gasteiger partial charge < -0.3 is 10.6 Å². The van der Waals surface area contributed by atoms with Crippen molar-refractivity contribution in [2.24, 2.45) is 5.92 Å². The minimum Gasteiger partial charge on any atom is -0.359 e. The van der Waals surface area contributed by atoms with Crippen LogP contribution in [0.3, 0.4) is 0 Å². The lowest BCUT2D eigenvalue weighted by atomic mass is 9.95. The van der Waals surface area contributed by atoms with Crippen molar-refractivity contribution in [3.05, 3.63) is 35.1 Å². The topological polar surface area (TPSA) is 58.2 Å². The molecule has 4 nitrogen and oxygen atoms in total. The van der Waals surface area contributed by atoms with Gasteiger partial charge in [0.2, 0.25) is 5.91 Å². The molecule has 0 heterocycles. The molecule has 2 N–H and O–H groups in total. The Morgan fingerprint density at radius 1 is 1.38 bits per heavy atom. The molecular formula is C16H19FN2O2. The molecule has 1 unspecified atom stereocenters. The zero-order chi connectivity index (χ0) is 15.8. The Balaban J connectivity index is 2.80. The fourth-order valence-corrected chi connectivity index (χ4v) is 1.99. The Morgan fingerprint density at radius 3 is 2.67 bits per heavy atom. The van der Waals surface area contributed by atoms with Gasteiger partial charge in [-0.15, -0.1) is 0 Å². The number of amides is 2. The molecule has 0 saturated heterocycles. The van der Waals surface area contributed by atoms with Gasteiger partial charge in [-0.2, -0.15) is 0 Å². The van der Waals surface area contributed by atoms with E-state index < -0.39 is 11.8 Å². The Kier molecular flexibility index (Phi) is 6.41. The monoisotopic (exact) mass is 290 g/mol. The van der Waals surface area contributed by atoms with Crippen LogP contribution in [0.25, 0.3) is 0 Å². The molecule has 21 heavy (non-hydrogen) atoms. The van der Waals surface area contributed by atoms with Gasteiger partial charge in [-0.05, 0) is 49.4 Å². The molecule has 1 aromatic rings. The van der Waals surface area contributed by atoms with Gasteiger partial charge >= 0.3 is 0 Å². The van der Waals surface area contributed by atoms with Crippen LogP contribution in [0.5, 0.6) is 0 Å². The van der Waals surface area contributed by atoms with Crippen LogP contribution in [0.4, 0.5) is 4.39 Å². The molecule has 0 aliphatic carbocycles. The molecule has 0 fully saturated rings. The zero-order valence-electron chi connectivity index (χ0n) is 12.4. The van der Waals surface area contributed by atoms with E-state index in [1.54, 1.807) is 27.0 Å². The maximum Gasteiger partial charge on any atom is 0.295 e. The minimum atomic E-state index is -0.429. The number of nitrogens with one attached hydrogen (secondary N) is 2. The standard InChI is InChI=1S/C16H19FN2O2/c1-4-5-15(20)19-10-13(16(21)18-3)9-12-6-7-14(17)8-11(12)2/h6-8,13H,9-10H2,1-3H3,(H,18,21)(H,19,20). The van der Waals surface area contributed by atoms with E-state index in [2.05, 4.69) is 22.5 Å². The van der Waals surface area contributed by atoms with Crippen molar-refractivity contribution in [3.8, 4) is 11.8 Å². The summed E-state index contributed by atoms with van der Waals surface area (Å²) in [4.78, 5) is 23.2. The summed E-state index contributed by atoms with van der Waals surface area (Å²) >= 11 is 0. The van der Waals surface area contributed by atoms with Crippen molar-refractivity contribution in [1.82, 2.24) is 10.6 Å². The summed E-state index contributed by atoms with van der Waals surface area (Å²) in [5.41, 5.74) is 1.66. The molecule has 5 heteroatoms. The van der Waals surface area contributed by atoms with Gasteiger partial charge in [0.1, 0.15) is 5.82 Å². The predicted molar refractivity (Wildman–Crippen MR) is 78.9 cm³/mol. The van der Waals surface area contributed by atoms with Crippen LogP contribution in [0.2, 0.25) is 0 Å². The fraction of sp³-hybridized carbons (Fsp3) is 0.375. The van der Waals surface area contributed by atoms with Gasteiger partial charge in [-0.3, -0.25) is 9.59 Å². The molecule has 1 aromatic carbocycles. The number of carbonyl (C=O) groups excluding carboxylic acids is 2. The first-order valence-electron chi connectivity index (χ1n) is 6.65. The van der Waals surface area contributed by atoms with Crippen molar-refractivity contribution in [1.29, 1.82) is 0 Å². The van der Waals surface area contributed by atoms with E-state index in [0.717, 1.165) is 11.1 Å². The third kappa shape index (κ3) is 5.27. The minimum absolute atomic E-state index is 0.177. The Bertz CT molecular complexity index is 588. The summed E-state index contributed by atoms with van der Waals surface area (Å²) in [5.74, 6) is 3.53. The largest absolute Gasteiger partial charge is 0.359 e. The van der Waals surface area contributed by atoms with E-state index >= 15 is 0 Å². The Labute approximate surface area is 124 Å². The average Bonchev–Trinajstić information content (AvgIpc) is 2.45. The highest BCUT2D eigenvalue weighted by Gasteiger charge is 2.19. The molecule has 0 aromatic heterocycles. The maximum absolute atomic E-state index is 13.1. The summed E-state index contributed by atoms with van der Waals surface area (Å²) in [5, 5.41) is 5.17. The van der Waals surface area contributed by atoms with E-state index in [9.17, 15) is 14.0 Å². The van der Waals surface area contributed by atoms with Crippen LogP contribution >= 0.6 is 0 Å². The van der Waals surface area contributed by atoms with Gasteiger partial charge in [0.15, 0.2) is 0 Å². The summed E-state index contributed by atoms with van der Waals surface area (Å²) in [7, 11) is 1.54. The lowest BCUT2D eigenvalue weighted by molar-refractivity contribution is -0.124. The number of hydrogen-bond donors (Lipinski definition) is 2. The lowest BCUT2D eigenvalue weighted by Gasteiger charge is -2.17. The van der Waals surface area contributed by atoms with Crippen molar-refractivity contribution in [3.63, 3.8) is 0 Å². The molecule has 0 spiro atoms. The first-order chi connectivity index (χ1) is 9.97. The van der Waals surface area contributed by atoms with Gasteiger partial charge in [0.05, 0.1) is 5.92 Å². The van der Waals surface area contributed by atoms with Crippen molar-refractivity contribution in [2.75, 3.05) is 13.6 Å². The number of halogens is 1. The highest BCUT2D eigenvalue weighted by Crippen LogP contribution is 2.15. The smallest absolute Gasteiger partial charge is 0.295 e. The van der Waals surface area contributed by atoms with E-state index in [-0.39, 0.29) is 18.3 Å². The van der Waals surface area contributed by atoms with E-state index in [4.69, 9.17) is 0 Å². The second-order valence-electron chi connectivity index (χ2n) is 4.67. The quantitative estimate of drug-likeness (QED) is 0.800. The second kappa shape index (κ2) is 8.05. The van der Waals surface area contributed by atoms with Gasteiger partial charge in [-0.1, -0.05) is 12.0 Å². The molecule has 1 atom stereocenters. The third-order valence-electron chi connectivity index (χ3n) is 3.14. The molecule has 2 amide bonds. The van der Waals surface area contributed by atoms with Crippen molar-refractivity contribution < 1.29 is 14.0 Å². The summed E-state index contributed by atoms with van der Waals surface area (Å²) < 4.78 is 13.1. The van der Waals surface area contributed by atoms with E-state index in [1.807, 2.05) is 0 Å². The normalized spacial score (nSPS) is 11.0. The zero-order valence-corrected chi connectivity index (χ0v) is 12.4. The van der Waals surface area contributed by atoms with Crippen molar-refractivity contribution in [2.45, 2.75) is 20.3 Å². The Hall–Kier alpha value is -2.35. The molecule has 0 aliphatic heterocycles. The SMILES string of the molecule is CC#CC(=O)NCC(Cc1ccc(F)cc1C)C(=O)NC. The fourth-order valence-electron chi connectivity index (χ4n) is 1.99. The molecule has 0 radical (unpaired) electrons. The molecule has 0 bridgehead atoms. The van der Waals surface area contributed by atoms with E-state index in [0.29, 0.717) is 6.42 Å². The van der Waals surface area contributed by atoms with Crippen LogP contribution in [0.15, 0.2) is 18.2 Å². The maximum atomic E-state index is 13.1. The highest BCUT2D eigenvalue weighted by atomic mass is 19.1. The number of hydrogen-bond acceptors (Lipinski definition) is 2. The van der Waals surface area contributed by atoms with Crippen LogP contribution in [-0.4, -0.2) is 25.4 Å². The molecule has 1 rings (SSSR count). The first kappa shape index (κ1) is 16.7. The molecule has 0 aliphatic rings. The second-order valence-corrected chi connectivity index (χ2v) is 4.67. The summed E-state index contributed by atoms with van der Waals surface area (Å²) in [6.07, 6.45) is 0.422. The molecular weight excluding hydrogens is 271 g/mol. The van der Waals surface area contributed by atoms with Crippen LogP contribution < -0.4 is 10.6 Å². The van der Waals surface area contributed by atoms with Crippen LogP contribution in [0, 0.1) is 30.5 Å². The first-order valence-corrected chi connectivity index (χ1v) is 6.65. The number of rotatable bonds is 5. The molecule has 0 saturated carbocycles. The van der Waals surface area contributed by atoms with Crippen LogP contribution in [-0.2, 0) is 16.0 Å². The summed E-state index contributed by atoms with van der Waals surface area (Å²) in [6, 6.07) is 4.45.